The Morgan fingerprint density at radius 2 is 1.89 bits per heavy atom. The highest BCUT2D eigenvalue weighted by Gasteiger charge is 2.31. The average Bonchev–Trinajstić information content (AvgIpc) is 3.03. The highest BCUT2D eigenvalue weighted by molar-refractivity contribution is 6.00. The molecule has 0 unspecified atom stereocenters. The maximum atomic E-state index is 13.5. The van der Waals surface area contributed by atoms with Gasteiger partial charge in [0.1, 0.15) is 5.82 Å². The Kier molecular flexibility index (Phi) is 4.43. The fraction of sp³-hybridized carbons (Fsp3) is 0.190. The first-order valence-corrected chi connectivity index (χ1v) is 8.91. The monoisotopic (exact) mass is 379 g/mol. The summed E-state index contributed by atoms with van der Waals surface area (Å²) >= 11 is 0. The van der Waals surface area contributed by atoms with Crippen LogP contribution in [0.3, 0.4) is 0 Å². The van der Waals surface area contributed by atoms with E-state index in [9.17, 15) is 14.0 Å². The molecule has 0 saturated heterocycles. The average molecular weight is 379 g/mol. The molecule has 142 valence electrons. The van der Waals surface area contributed by atoms with Crippen molar-refractivity contribution < 1.29 is 18.7 Å². The Hall–Kier alpha value is -3.48. The van der Waals surface area contributed by atoms with E-state index in [0.29, 0.717) is 28.1 Å². The lowest BCUT2D eigenvalue weighted by atomic mass is 10.0. The van der Waals surface area contributed by atoms with Gasteiger partial charge in [0.2, 0.25) is 0 Å². The van der Waals surface area contributed by atoms with Crippen molar-refractivity contribution in [2.75, 3.05) is 13.7 Å². The van der Waals surface area contributed by atoms with Gasteiger partial charge in [0.15, 0.2) is 5.69 Å². The van der Waals surface area contributed by atoms with E-state index < -0.39 is 5.97 Å². The Balaban J connectivity index is 2.02. The molecule has 3 aromatic rings. The predicted octanol–water partition coefficient (Wildman–Crippen LogP) is 3.44. The van der Waals surface area contributed by atoms with Crippen LogP contribution in [-0.4, -0.2) is 40.2 Å². The van der Waals surface area contributed by atoms with E-state index in [0.717, 1.165) is 0 Å². The van der Waals surface area contributed by atoms with Crippen LogP contribution in [0.25, 0.3) is 16.8 Å². The number of halogens is 1. The molecule has 0 N–H and O–H groups in total. The number of rotatable bonds is 3. The van der Waals surface area contributed by atoms with E-state index in [-0.39, 0.29) is 30.6 Å². The van der Waals surface area contributed by atoms with Crippen LogP contribution in [-0.2, 0) is 11.3 Å². The van der Waals surface area contributed by atoms with Crippen LogP contribution < -0.4 is 0 Å². The zero-order valence-corrected chi connectivity index (χ0v) is 15.5. The normalized spacial score (nSPS) is 13.0. The van der Waals surface area contributed by atoms with E-state index >= 15 is 0 Å². The molecular formula is C21H18FN3O3. The Morgan fingerprint density at radius 1 is 1.18 bits per heavy atom. The molecule has 0 spiro atoms. The summed E-state index contributed by atoms with van der Waals surface area (Å²) in [6, 6.07) is 12.9. The number of hydrogen-bond donors (Lipinski definition) is 0. The molecule has 0 fully saturated rings. The van der Waals surface area contributed by atoms with Gasteiger partial charge in [0.05, 0.1) is 30.1 Å². The number of amides is 1. The smallest absolute Gasteiger partial charge is 0.359 e. The number of para-hydroxylation sites is 1. The van der Waals surface area contributed by atoms with Gasteiger partial charge in [-0.15, -0.1) is 0 Å². The van der Waals surface area contributed by atoms with Gasteiger partial charge in [-0.3, -0.25) is 4.79 Å². The van der Waals surface area contributed by atoms with Crippen molar-refractivity contribution in [1.29, 1.82) is 0 Å². The zero-order chi connectivity index (χ0) is 19.8. The summed E-state index contributed by atoms with van der Waals surface area (Å²) in [5.41, 5.74) is 3.05. The van der Waals surface area contributed by atoms with Gasteiger partial charge in [-0.05, 0) is 36.8 Å². The molecule has 1 aliphatic rings. The molecule has 2 heterocycles. The molecule has 0 aliphatic carbocycles. The van der Waals surface area contributed by atoms with Crippen LogP contribution in [0, 0.1) is 5.82 Å². The highest BCUT2D eigenvalue weighted by Crippen LogP contribution is 2.34. The third kappa shape index (κ3) is 2.85. The molecule has 0 atom stereocenters. The number of ether oxygens (including phenoxy) is 1. The van der Waals surface area contributed by atoms with Crippen LogP contribution in [0.5, 0.6) is 0 Å². The topological polar surface area (TPSA) is 64.4 Å². The van der Waals surface area contributed by atoms with Gasteiger partial charge in [-0.1, -0.05) is 24.3 Å². The molecule has 0 bridgehead atoms. The lowest BCUT2D eigenvalue weighted by Crippen LogP contribution is -2.25. The molecule has 28 heavy (non-hydrogen) atoms. The second-order valence-corrected chi connectivity index (χ2v) is 6.49. The minimum atomic E-state index is -0.561. The fourth-order valence-electron chi connectivity index (χ4n) is 3.40. The number of carbonyl (C=O) groups is 2. The number of benzene rings is 2. The summed E-state index contributed by atoms with van der Waals surface area (Å²) in [5, 5.41) is 4.51. The molecular weight excluding hydrogens is 361 g/mol. The van der Waals surface area contributed by atoms with Crippen LogP contribution in [0.15, 0.2) is 48.5 Å². The maximum Gasteiger partial charge on any atom is 0.359 e. The van der Waals surface area contributed by atoms with E-state index in [1.807, 2.05) is 6.07 Å². The third-order valence-corrected chi connectivity index (χ3v) is 4.68. The van der Waals surface area contributed by atoms with Crippen molar-refractivity contribution in [3.8, 4) is 16.8 Å². The second-order valence-electron chi connectivity index (χ2n) is 6.49. The van der Waals surface area contributed by atoms with Crippen molar-refractivity contribution in [3.05, 3.63) is 71.3 Å². The van der Waals surface area contributed by atoms with Crippen LogP contribution >= 0.6 is 0 Å². The fourth-order valence-corrected chi connectivity index (χ4v) is 3.40. The Labute approximate surface area is 161 Å². The van der Waals surface area contributed by atoms with Gasteiger partial charge in [0.25, 0.3) is 5.91 Å². The Bertz CT molecular complexity index is 1070. The molecule has 7 heteroatoms. The van der Waals surface area contributed by atoms with Gasteiger partial charge in [-0.2, -0.15) is 5.10 Å². The molecule has 1 aromatic heterocycles. The second kappa shape index (κ2) is 6.92. The number of nitrogens with zero attached hydrogens (tertiary/aromatic N) is 3. The van der Waals surface area contributed by atoms with Crippen molar-refractivity contribution in [2.45, 2.75) is 13.5 Å². The Morgan fingerprint density at radius 3 is 2.61 bits per heavy atom. The number of fused-ring (bicyclic) bond motifs is 3. The summed E-state index contributed by atoms with van der Waals surface area (Å²) in [5.74, 6) is -1.07. The minimum absolute atomic E-state index is 0.135. The quantitative estimate of drug-likeness (QED) is 0.654. The summed E-state index contributed by atoms with van der Waals surface area (Å²) in [6.45, 7) is 2.17. The zero-order valence-electron chi connectivity index (χ0n) is 15.5. The molecule has 4 rings (SSSR count). The minimum Gasteiger partial charge on any atom is -0.461 e. The first-order valence-electron chi connectivity index (χ1n) is 8.91. The number of aromatic nitrogens is 2. The number of hydrogen-bond acceptors (Lipinski definition) is 4. The van der Waals surface area contributed by atoms with Crippen molar-refractivity contribution in [3.63, 3.8) is 0 Å². The van der Waals surface area contributed by atoms with E-state index in [1.54, 1.807) is 53.9 Å². The van der Waals surface area contributed by atoms with Crippen LogP contribution in [0.2, 0.25) is 0 Å². The van der Waals surface area contributed by atoms with Crippen LogP contribution in [0.4, 0.5) is 4.39 Å². The molecule has 0 radical (unpaired) electrons. The van der Waals surface area contributed by atoms with Crippen molar-refractivity contribution in [2.24, 2.45) is 0 Å². The third-order valence-electron chi connectivity index (χ3n) is 4.68. The first kappa shape index (κ1) is 17.9. The largest absolute Gasteiger partial charge is 0.461 e. The van der Waals surface area contributed by atoms with E-state index in [1.165, 1.54) is 12.1 Å². The molecule has 2 aromatic carbocycles. The summed E-state index contributed by atoms with van der Waals surface area (Å²) < 4.78 is 20.3. The summed E-state index contributed by atoms with van der Waals surface area (Å²) in [7, 11) is 1.69. The van der Waals surface area contributed by atoms with Crippen molar-refractivity contribution in [1.82, 2.24) is 14.7 Å². The molecule has 6 nitrogen and oxygen atoms in total. The molecule has 1 aliphatic heterocycles. The van der Waals surface area contributed by atoms with Crippen LogP contribution in [0.1, 0.15) is 33.5 Å². The lowest BCUT2D eigenvalue weighted by molar-refractivity contribution is 0.0519. The number of carbonyl (C=O) groups excluding carboxylic acids is 2. The number of esters is 1. The lowest BCUT2D eigenvalue weighted by Gasteiger charge is -2.15. The van der Waals surface area contributed by atoms with Gasteiger partial charge in [-0.25, -0.2) is 13.9 Å². The summed E-state index contributed by atoms with van der Waals surface area (Å²) in [4.78, 5) is 26.9. The predicted molar refractivity (Wildman–Crippen MR) is 101 cm³/mol. The van der Waals surface area contributed by atoms with Gasteiger partial charge >= 0.3 is 5.97 Å². The van der Waals surface area contributed by atoms with Gasteiger partial charge in [0, 0.05) is 12.6 Å². The van der Waals surface area contributed by atoms with E-state index in [4.69, 9.17) is 4.74 Å². The standard InChI is InChI=1S/C21H18FN3O3/c1-3-28-21(27)19-18(13-8-10-14(22)11-9-13)17-12-24(2)20(26)15-6-4-5-7-16(15)25(17)23-19/h4-11H,3,12H2,1-2H3. The summed E-state index contributed by atoms with van der Waals surface area (Å²) in [6.07, 6.45) is 0. The molecule has 1 amide bonds. The SMILES string of the molecule is CCOC(=O)c1nn2c(c1-c1ccc(F)cc1)CN(C)C(=O)c1ccccc1-2. The molecule has 0 saturated carbocycles. The van der Waals surface area contributed by atoms with E-state index in [2.05, 4.69) is 5.10 Å². The highest BCUT2D eigenvalue weighted by atomic mass is 19.1. The van der Waals surface area contributed by atoms with Gasteiger partial charge < -0.3 is 9.64 Å². The maximum absolute atomic E-state index is 13.5. The van der Waals surface area contributed by atoms with Crippen molar-refractivity contribution >= 4 is 11.9 Å². The first-order chi connectivity index (χ1) is 13.5.